The molecule has 3 nitrogen and oxygen atoms in total. The zero-order valence-electron chi connectivity index (χ0n) is 6.51. The SMILES string of the molecule is O=[P+]([O-])[O-].[CH2-]CCCCC.[Cu+2]. The standard InChI is InChI=1S/C6H13.Cu.HO3P/c1-3-5-6-4-2;;1-4(2)3/h1,3-6H2,2H3;;(H,1,2,3)/q-1;+2;/p-1. The minimum Gasteiger partial charge on any atom is -0.598 e. The van der Waals surface area contributed by atoms with E-state index in [-0.39, 0.29) is 17.1 Å². The van der Waals surface area contributed by atoms with Gasteiger partial charge in [-0.05, 0) is 0 Å². The second kappa shape index (κ2) is 16.9. The topological polar surface area (TPSA) is 63.2 Å². The maximum Gasteiger partial charge on any atom is 2.00 e. The molecule has 0 aromatic rings. The van der Waals surface area contributed by atoms with Crippen LogP contribution in [0, 0.1) is 6.92 Å². The van der Waals surface area contributed by atoms with Crippen LogP contribution in [-0.4, -0.2) is 0 Å². The van der Waals surface area contributed by atoms with Crippen molar-refractivity contribution in [1.29, 1.82) is 0 Å². The van der Waals surface area contributed by atoms with E-state index in [4.69, 9.17) is 14.4 Å². The minimum absolute atomic E-state index is 0. The predicted octanol–water partition coefficient (Wildman–Crippen LogP) is 0.763. The second-order valence-corrected chi connectivity index (χ2v) is 2.23. The summed E-state index contributed by atoms with van der Waals surface area (Å²) in [5, 5.41) is 0. The first kappa shape index (κ1) is 17.6. The van der Waals surface area contributed by atoms with E-state index >= 15 is 0 Å². The van der Waals surface area contributed by atoms with Crippen molar-refractivity contribution in [3.63, 3.8) is 0 Å². The minimum atomic E-state index is -3.37. The summed E-state index contributed by atoms with van der Waals surface area (Å²) in [4.78, 5) is 17.0. The third-order valence-electron chi connectivity index (χ3n) is 0.854. The molecule has 0 aliphatic carbocycles. The molecule has 71 valence electrons. The average molecular weight is 228 g/mol. The first-order valence-electron chi connectivity index (χ1n) is 3.25. The number of hydrogen-bond acceptors (Lipinski definition) is 3. The van der Waals surface area contributed by atoms with Gasteiger partial charge in [0, 0.05) is 0 Å². The fourth-order valence-electron chi connectivity index (χ4n) is 0.427. The Morgan fingerprint density at radius 3 is 1.82 bits per heavy atom. The van der Waals surface area contributed by atoms with Crippen LogP contribution in [0.25, 0.3) is 0 Å². The van der Waals surface area contributed by atoms with Crippen molar-refractivity contribution in [2.45, 2.75) is 32.6 Å². The second-order valence-electron chi connectivity index (χ2n) is 1.78. The van der Waals surface area contributed by atoms with Crippen molar-refractivity contribution in [3.05, 3.63) is 6.92 Å². The van der Waals surface area contributed by atoms with Crippen LogP contribution in [0.2, 0.25) is 0 Å². The fourth-order valence-corrected chi connectivity index (χ4v) is 0.427. The third-order valence-corrected chi connectivity index (χ3v) is 0.854. The zero-order valence-corrected chi connectivity index (χ0v) is 8.35. The van der Waals surface area contributed by atoms with E-state index in [1.807, 2.05) is 0 Å². The van der Waals surface area contributed by atoms with E-state index < -0.39 is 8.25 Å². The van der Waals surface area contributed by atoms with Crippen LogP contribution in [-0.2, 0) is 21.6 Å². The molecule has 0 fully saturated rings. The molecule has 0 spiro atoms. The van der Waals surface area contributed by atoms with Crippen LogP contribution in [0.4, 0.5) is 0 Å². The smallest absolute Gasteiger partial charge is 0.598 e. The maximum atomic E-state index is 8.48. The monoisotopic (exact) mass is 227 g/mol. The van der Waals surface area contributed by atoms with E-state index in [0.29, 0.717) is 0 Å². The summed E-state index contributed by atoms with van der Waals surface area (Å²) in [6.07, 6.45) is 5.07. The van der Waals surface area contributed by atoms with Crippen molar-refractivity contribution in [2.75, 3.05) is 0 Å². The van der Waals surface area contributed by atoms with Gasteiger partial charge in [-0.2, -0.15) is 6.42 Å². The van der Waals surface area contributed by atoms with Crippen molar-refractivity contribution in [1.82, 2.24) is 0 Å². The van der Waals surface area contributed by atoms with Crippen LogP contribution >= 0.6 is 8.25 Å². The van der Waals surface area contributed by atoms with Crippen molar-refractivity contribution < 1.29 is 31.4 Å². The van der Waals surface area contributed by atoms with Gasteiger partial charge >= 0.3 is 17.1 Å². The van der Waals surface area contributed by atoms with E-state index in [1.54, 1.807) is 0 Å². The first-order chi connectivity index (χ1) is 4.65. The van der Waals surface area contributed by atoms with Gasteiger partial charge in [0.05, 0.1) is 0 Å². The van der Waals surface area contributed by atoms with Crippen LogP contribution in [0.1, 0.15) is 32.6 Å². The molecular weight excluding hydrogens is 215 g/mol. The molecule has 0 heterocycles. The summed E-state index contributed by atoms with van der Waals surface area (Å²) in [7, 11) is -3.37. The molecule has 11 heavy (non-hydrogen) atoms. The predicted molar refractivity (Wildman–Crippen MR) is 37.1 cm³/mol. The van der Waals surface area contributed by atoms with Crippen LogP contribution in [0.5, 0.6) is 0 Å². The van der Waals surface area contributed by atoms with Crippen LogP contribution in [0.15, 0.2) is 0 Å². The van der Waals surface area contributed by atoms with E-state index in [0.717, 1.165) is 6.42 Å². The third kappa shape index (κ3) is 61.3. The van der Waals surface area contributed by atoms with Gasteiger partial charge in [0.15, 0.2) is 0 Å². The maximum absolute atomic E-state index is 8.48. The Morgan fingerprint density at radius 1 is 1.36 bits per heavy atom. The molecule has 0 rings (SSSR count). The van der Waals surface area contributed by atoms with Gasteiger partial charge in [0.2, 0.25) is 0 Å². The molecule has 0 aliphatic heterocycles. The van der Waals surface area contributed by atoms with Gasteiger partial charge in [0.25, 0.3) is 8.25 Å². The van der Waals surface area contributed by atoms with E-state index in [1.165, 1.54) is 19.3 Å². The van der Waals surface area contributed by atoms with E-state index in [9.17, 15) is 0 Å². The first-order valence-corrected chi connectivity index (χ1v) is 4.35. The van der Waals surface area contributed by atoms with Gasteiger partial charge in [-0.15, -0.1) is 0 Å². The van der Waals surface area contributed by atoms with E-state index in [2.05, 4.69) is 13.8 Å². The molecule has 0 amide bonds. The van der Waals surface area contributed by atoms with Crippen molar-refractivity contribution in [2.24, 2.45) is 0 Å². The molecule has 5 heteroatoms. The Balaban J connectivity index is -0.000000114. The number of rotatable bonds is 3. The van der Waals surface area contributed by atoms with Crippen molar-refractivity contribution in [3.8, 4) is 0 Å². The summed E-state index contributed by atoms with van der Waals surface area (Å²) in [6.45, 7) is 5.93. The summed E-state index contributed by atoms with van der Waals surface area (Å²) < 4.78 is 8.48. The van der Waals surface area contributed by atoms with Gasteiger partial charge < -0.3 is 16.7 Å². The molecular formula is C6H13CuO3P. The fraction of sp³-hybridized carbons (Fsp3) is 0.833. The molecule has 0 N–H and O–H groups in total. The Kier molecular flexibility index (Phi) is 27.0. The van der Waals surface area contributed by atoms with Gasteiger partial charge in [-0.1, -0.05) is 30.8 Å². The largest absolute Gasteiger partial charge is 2.00 e. The van der Waals surface area contributed by atoms with Crippen molar-refractivity contribution >= 4 is 8.25 Å². The quantitative estimate of drug-likeness (QED) is 0.310. The summed E-state index contributed by atoms with van der Waals surface area (Å²) in [5.41, 5.74) is 0. The van der Waals surface area contributed by atoms with Gasteiger partial charge in [-0.3, -0.25) is 0 Å². The van der Waals surface area contributed by atoms with Crippen LogP contribution < -0.4 is 9.79 Å². The summed E-state index contributed by atoms with van der Waals surface area (Å²) in [5.74, 6) is 0. The number of hydrogen-bond donors (Lipinski definition) is 0. The molecule has 0 atom stereocenters. The molecule has 0 aromatic carbocycles. The van der Waals surface area contributed by atoms with Gasteiger partial charge in [-0.25, -0.2) is 0 Å². The Labute approximate surface area is 79.6 Å². The number of unbranched alkanes of at least 4 members (excludes halogenated alkanes) is 3. The van der Waals surface area contributed by atoms with Crippen LogP contribution in [0.3, 0.4) is 0 Å². The summed E-state index contributed by atoms with van der Waals surface area (Å²) >= 11 is 0. The molecule has 0 aromatic heterocycles. The molecule has 0 unspecified atom stereocenters. The Morgan fingerprint density at radius 2 is 1.73 bits per heavy atom. The Hall–Kier alpha value is 0.539. The molecule has 0 bridgehead atoms. The normalized spacial score (nSPS) is 7.27. The summed E-state index contributed by atoms with van der Waals surface area (Å²) in [6, 6.07) is 0. The zero-order chi connectivity index (χ0) is 8.41. The van der Waals surface area contributed by atoms with Gasteiger partial charge in [0.1, 0.15) is 0 Å². The average Bonchev–Trinajstić information content (AvgIpc) is 1.82. The molecule has 0 saturated heterocycles. The molecule has 0 aliphatic rings. The molecule has 1 radical (unpaired) electrons. The Bertz CT molecular complexity index is 72.2. The molecule has 0 saturated carbocycles.